The lowest BCUT2D eigenvalue weighted by molar-refractivity contribution is -0.124. The summed E-state index contributed by atoms with van der Waals surface area (Å²) in [5, 5.41) is 6.63. The number of amides is 1. The van der Waals surface area contributed by atoms with E-state index < -0.39 is 0 Å². The molecule has 114 valence electrons. The maximum absolute atomic E-state index is 12.1. The van der Waals surface area contributed by atoms with Gasteiger partial charge in [-0.2, -0.15) is 0 Å². The van der Waals surface area contributed by atoms with Crippen LogP contribution in [0.3, 0.4) is 0 Å². The van der Waals surface area contributed by atoms with Gasteiger partial charge in [0.2, 0.25) is 5.91 Å². The predicted molar refractivity (Wildman–Crippen MR) is 80.5 cm³/mol. The fraction of sp³-hybridized carbons (Fsp3) is 0.938. The van der Waals surface area contributed by atoms with E-state index in [-0.39, 0.29) is 5.91 Å². The third kappa shape index (κ3) is 3.34. The Hall–Kier alpha value is -0.610. The maximum Gasteiger partial charge on any atom is 0.234 e. The van der Waals surface area contributed by atoms with Gasteiger partial charge in [0.05, 0.1) is 6.54 Å². The standard InChI is InChI=1S/C16H29N3O/c1-13-2-4-14(5-3-13)18-15(20)10-19-8-6-16(7-9-19)11-17-12-16/h13-14,17H,2-12H2,1H3,(H,18,20). The van der Waals surface area contributed by atoms with Crippen LogP contribution in [0.15, 0.2) is 0 Å². The van der Waals surface area contributed by atoms with Crippen LogP contribution >= 0.6 is 0 Å². The monoisotopic (exact) mass is 279 g/mol. The number of carbonyl (C=O) groups is 1. The Kier molecular flexibility index (Phi) is 4.32. The van der Waals surface area contributed by atoms with Gasteiger partial charge >= 0.3 is 0 Å². The second-order valence-electron chi connectivity index (χ2n) is 7.40. The molecule has 3 fully saturated rings. The number of hydrogen-bond acceptors (Lipinski definition) is 3. The quantitative estimate of drug-likeness (QED) is 0.820. The molecule has 0 radical (unpaired) electrons. The molecule has 0 atom stereocenters. The molecule has 2 aliphatic heterocycles. The molecule has 4 nitrogen and oxygen atoms in total. The Bertz CT molecular complexity index is 336. The summed E-state index contributed by atoms with van der Waals surface area (Å²) in [5.74, 6) is 1.09. The van der Waals surface area contributed by atoms with Gasteiger partial charge in [-0.3, -0.25) is 9.69 Å². The minimum Gasteiger partial charge on any atom is -0.352 e. The predicted octanol–water partition coefficient (Wildman–Crippen LogP) is 1.37. The number of hydrogen-bond donors (Lipinski definition) is 2. The van der Waals surface area contributed by atoms with Crippen LogP contribution in [0.5, 0.6) is 0 Å². The molecule has 1 spiro atoms. The maximum atomic E-state index is 12.1. The average Bonchev–Trinajstić information content (AvgIpc) is 2.40. The van der Waals surface area contributed by atoms with Crippen LogP contribution in [-0.4, -0.2) is 49.6 Å². The van der Waals surface area contributed by atoms with Crippen LogP contribution in [0.4, 0.5) is 0 Å². The Morgan fingerprint density at radius 1 is 1.20 bits per heavy atom. The first-order chi connectivity index (χ1) is 9.65. The molecule has 0 unspecified atom stereocenters. The van der Waals surface area contributed by atoms with Crippen molar-refractivity contribution in [2.45, 2.75) is 51.5 Å². The van der Waals surface area contributed by atoms with Gasteiger partial charge in [0.15, 0.2) is 0 Å². The van der Waals surface area contributed by atoms with Crippen molar-refractivity contribution in [1.82, 2.24) is 15.5 Å². The molecule has 2 heterocycles. The molecule has 3 aliphatic rings. The summed E-state index contributed by atoms with van der Waals surface area (Å²) in [4.78, 5) is 14.5. The highest BCUT2D eigenvalue weighted by Crippen LogP contribution is 2.34. The third-order valence-corrected chi connectivity index (χ3v) is 5.66. The molecule has 0 aromatic rings. The highest BCUT2D eigenvalue weighted by atomic mass is 16.2. The minimum absolute atomic E-state index is 0.243. The number of likely N-dealkylation sites (tertiary alicyclic amines) is 1. The van der Waals surface area contributed by atoms with E-state index in [1.165, 1.54) is 51.6 Å². The van der Waals surface area contributed by atoms with Crippen LogP contribution in [0.2, 0.25) is 0 Å². The second kappa shape index (κ2) is 6.02. The molecule has 1 aliphatic carbocycles. The van der Waals surface area contributed by atoms with Gasteiger partial charge in [-0.05, 0) is 62.9 Å². The van der Waals surface area contributed by atoms with E-state index in [2.05, 4.69) is 22.5 Å². The highest BCUT2D eigenvalue weighted by Gasteiger charge is 2.39. The molecule has 0 bridgehead atoms. The lowest BCUT2D eigenvalue weighted by Gasteiger charge is -2.48. The Morgan fingerprint density at radius 3 is 2.40 bits per heavy atom. The summed E-state index contributed by atoms with van der Waals surface area (Å²) < 4.78 is 0. The van der Waals surface area contributed by atoms with Crippen LogP contribution in [0, 0.1) is 11.3 Å². The Morgan fingerprint density at radius 2 is 1.85 bits per heavy atom. The summed E-state index contributed by atoms with van der Waals surface area (Å²) in [6, 6.07) is 0.436. The molecule has 4 heteroatoms. The zero-order valence-corrected chi connectivity index (χ0v) is 12.8. The summed E-state index contributed by atoms with van der Waals surface area (Å²) in [7, 11) is 0. The van der Waals surface area contributed by atoms with E-state index in [1.54, 1.807) is 0 Å². The van der Waals surface area contributed by atoms with E-state index in [4.69, 9.17) is 0 Å². The van der Waals surface area contributed by atoms with Crippen molar-refractivity contribution in [2.24, 2.45) is 11.3 Å². The molecule has 2 saturated heterocycles. The number of nitrogens with one attached hydrogen (secondary N) is 2. The molecule has 0 aromatic carbocycles. The average molecular weight is 279 g/mol. The lowest BCUT2D eigenvalue weighted by atomic mass is 9.73. The Labute approximate surface area is 122 Å². The zero-order valence-electron chi connectivity index (χ0n) is 12.8. The molecule has 1 amide bonds. The van der Waals surface area contributed by atoms with E-state index >= 15 is 0 Å². The van der Waals surface area contributed by atoms with Crippen molar-refractivity contribution in [2.75, 3.05) is 32.7 Å². The number of nitrogens with zero attached hydrogens (tertiary/aromatic N) is 1. The molecule has 1 saturated carbocycles. The van der Waals surface area contributed by atoms with Crippen LogP contribution in [0.25, 0.3) is 0 Å². The Balaban J connectivity index is 1.36. The largest absolute Gasteiger partial charge is 0.352 e. The molecular weight excluding hydrogens is 250 g/mol. The number of carbonyl (C=O) groups excluding carboxylic acids is 1. The van der Waals surface area contributed by atoms with E-state index in [0.717, 1.165) is 19.0 Å². The summed E-state index contributed by atoms with van der Waals surface area (Å²) >= 11 is 0. The highest BCUT2D eigenvalue weighted by molar-refractivity contribution is 5.78. The first-order valence-corrected chi connectivity index (χ1v) is 8.38. The molecular formula is C16H29N3O. The zero-order chi connectivity index (χ0) is 14.0. The van der Waals surface area contributed by atoms with Crippen molar-refractivity contribution in [1.29, 1.82) is 0 Å². The van der Waals surface area contributed by atoms with Crippen molar-refractivity contribution < 1.29 is 4.79 Å². The van der Waals surface area contributed by atoms with Crippen LogP contribution in [0.1, 0.15) is 45.4 Å². The topological polar surface area (TPSA) is 44.4 Å². The summed E-state index contributed by atoms with van der Waals surface area (Å²) in [6.07, 6.45) is 7.39. The fourth-order valence-electron chi connectivity index (χ4n) is 3.90. The smallest absolute Gasteiger partial charge is 0.234 e. The van der Waals surface area contributed by atoms with Crippen molar-refractivity contribution >= 4 is 5.91 Å². The van der Waals surface area contributed by atoms with E-state index in [9.17, 15) is 4.79 Å². The molecule has 20 heavy (non-hydrogen) atoms. The number of piperidine rings is 1. The van der Waals surface area contributed by atoms with Gasteiger partial charge in [0.25, 0.3) is 0 Å². The van der Waals surface area contributed by atoms with Crippen molar-refractivity contribution in [3.8, 4) is 0 Å². The van der Waals surface area contributed by atoms with Gasteiger partial charge in [-0.25, -0.2) is 0 Å². The van der Waals surface area contributed by atoms with Gasteiger partial charge in [-0.1, -0.05) is 6.92 Å². The third-order valence-electron chi connectivity index (χ3n) is 5.66. The van der Waals surface area contributed by atoms with Gasteiger partial charge in [0.1, 0.15) is 0 Å². The van der Waals surface area contributed by atoms with Gasteiger partial charge < -0.3 is 10.6 Å². The molecule has 0 aromatic heterocycles. The van der Waals surface area contributed by atoms with Crippen molar-refractivity contribution in [3.05, 3.63) is 0 Å². The lowest BCUT2D eigenvalue weighted by Crippen LogP contribution is -2.59. The first kappa shape index (κ1) is 14.3. The van der Waals surface area contributed by atoms with Crippen molar-refractivity contribution in [3.63, 3.8) is 0 Å². The van der Waals surface area contributed by atoms with Gasteiger partial charge in [0, 0.05) is 19.1 Å². The molecule has 2 N–H and O–H groups in total. The normalized spacial score (nSPS) is 33.6. The minimum atomic E-state index is 0.243. The SMILES string of the molecule is CC1CCC(NC(=O)CN2CCC3(CC2)CNC3)CC1. The molecule has 3 rings (SSSR count). The fourth-order valence-corrected chi connectivity index (χ4v) is 3.90. The van der Waals surface area contributed by atoms with Crippen LogP contribution < -0.4 is 10.6 Å². The van der Waals surface area contributed by atoms with E-state index in [1.807, 2.05) is 0 Å². The second-order valence-corrected chi connectivity index (χ2v) is 7.40. The van der Waals surface area contributed by atoms with Gasteiger partial charge in [-0.15, -0.1) is 0 Å². The summed E-state index contributed by atoms with van der Waals surface area (Å²) in [5.41, 5.74) is 0.576. The first-order valence-electron chi connectivity index (χ1n) is 8.38. The summed E-state index contributed by atoms with van der Waals surface area (Å²) in [6.45, 7) is 7.49. The van der Waals surface area contributed by atoms with E-state index in [0.29, 0.717) is 18.0 Å². The van der Waals surface area contributed by atoms with Crippen LogP contribution in [-0.2, 0) is 4.79 Å². The number of rotatable bonds is 3.